The van der Waals surface area contributed by atoms with Crippen LogP contribution in [-0.4, -0.2) is 40.4 Å². The number of hydrogen-bond acceptors (Lipinski definition) is 6. The summed E-state index contributed by atoms with van der Waals surface area (Å²) >= 11 is 0. The minimum Gasteiger partial charge on any atom is -0.466 e. The first-order chi connectivity index (χ1) is 20.1. The van der Waals surface area contributed by atoms with Gasteiger partial charge in [0.15, 0.2) is 26.2 Å². The van der Waals surface area contributed by atoms with Crippen LogP contribution >= 0.6 is 7.92 Å². The Kier molecular flexibility index (Phi) is 9.84. The summed E-state index contributed by atoms with van der Waals surface area (Å²) < 4.78 is 35.0. The van der Waals surface area contributed by atoms with Gasteiger partial charge in [-0.1, -0.05) is 91.0 Å². The molecule has 0 aromatic heterocycles. The summed E-state index contributed by atoms with van der Waals surface area (Å²) in [6, 6.07) is 35.6. The molecule has 7 heteroatoms. The number of ether oxygens (including phenoxy) is 6. The van der Waals surface area contributed by atoms with Crippen LogP contribution in [0.15, 0.2) is 103 Å². The number of hydrogen-bond donors (Lipinski definition) is 0. The van der Waals surface area contributed by atoms with Crippen LogP contribution in [0.4, 0.5) is 0 Å². The first-order valence-corrected chi connectivity index (χ1v) is 14.9. The molecule has 0 spiro atoms. The van der Waals surface area contributed by atoms with Gasteiger partial charge in [-0.15, -0.1) is 0 Å². The third kappa shape index (κ3) is 6.70. The predicted octanol–water partition coefficient (Wildman–Crippen LogP) is 6.44. The molecule has 2 atom stereocenters. The lowest BCUT2D eigenvalue weighted by atomic mass is 10.1. The lowest BCUT2D eigenvalue weighted by molar-refractivity contribution is -0.149. The molecule has 41 heavy (non-hydrogen) atoms. The van der Waals surface area contributed by atoms with Gasteiger partial charge in [0.2, 0.25) is 0 Å². The van der Waals surface area contributed by atoms with E-state index in [1.54, 1.807) is 14.2 Å². The van der Waals surface area contributed by atoms with Crippen molar-refractivity contribution in [3.05, 3.63) is 103 Å². The normalized spacial score (nSPS) is 13.7. The molecule has 5 rings (SSSR count). The van der Waals surface area contributed by atoms with E-state index in [4.69, 9.17) is 28.4 Å². The van der Waals surface area contributed by atoms with Crippen LogP contribution in [0.25, 0.3) is 21.5 Å². The van der Waals surface area contributed by atoms with Crippen LogP contribution in [-0.2, 0) is 18.9 Å². The Bertz CT molecular complexity index is 1480. The first-order valence-electron chi connectivity index (χ1n) is 13.5. The molecule has 0 bridgehead atoms. The highest BCUT2D eigenvalue weighted by Crippen LogP contribution is 2.43. The standard InChI is InChI=1S/C34H35O6P/c1-24(35-3)37-22-39-33-29-16-10-8-12-26(29)18-20-31(33)41(28-14-6-5-7-15-28)32-21-19-27-13-9-11-17-30(27)34(32)40-23-38-25(2)36-4/h5-21,24-25H,22-23H2,1-4H3. The summed E-state index contributed by atoms with van der Waals surface area (Å²) in [6.45, 7) is 3.79. The fourth-order valence-corrected chi connectivity index (χ4v) is 7.13. The highest BCUT2D eigenvalue weighted by molar-refractivity contribution is 7.80. The molecule has 0 fully saturated rings. The third-order valence-corrected chi connectivity index (χ3v) is 9.37. The van der Waals surface area contributed by atoms with Crippen LogP contribution in [0.3, 0.4) is 0 Å². The van der Waals surface area contributed by atoms with Gasteiger partial charge in [-0.25, -0.2) is 0 Å². The van der Waals surface area contributed by atoms with Gasteiger partial charge in [0.1, 0.15) is 11.5 Å². The maximum atomic E-state index is 6.43. The summed E-state index contributed by atoms with van der Waals surface area (Å²) in [4.78, 5) is 0. The number of rotatable bonds is 13. The second kappa shape index (κ2) is 13.9. The van der Waals surface area contributed by atoms with Crippen molar-refractivity contribution >= 4 is 45.4 Å². The molecule has 0 aliphatic heterocycles. The van der Waals surface area contributed by atoms with Crippen LogP contribution in [0, 0.1) is 0 Å². The largest absolute Gasteiger partial charge is 0.466 e. The van der Waals surface area contributed by atoms with Crippen LogP contribution in [0.2, 0.25) is 0 Å². The molecular formula is C34H35O6P. The smallest absolute Gasteiger partial charge is 0.192 e. The molecule has 0 amide bonds. The van der Waals surface area contributed by atoms with Crippen LogP contribution in [0.5, 0.6) is 11.5 Å². The molecule has 0 saturated heterocycles. The molecule has 0 aliphatic rings. The van der Waals surface area contributed by atoms with E-state index in [0.717, 1.165) is 43.7 Å². The van der Waals surface area contributed by atoms with E-state index in [1.165, 1.54) is 5.30 Å². The van der Waals surface area contributed by atoms with Gasteiger partial charge in [0, 0.05) is 35.6 Å². The number of benzene rings is 5. The Hall–Kier alpha value is -3.51. The quantitative estimate of drug-likeness (QED) is 0.120. The molecule has 0 heterocycles. The zero-order valence-corrected chi connectivity index (χ0v) is 24.7. The molecule has 2 unspecified atom stereocenters. The van der Waals surface area contributed by atoms with Crippen molar-refractivity contribution < 1.29 is 28.4 Å². The Morgan fingerprint density at radius 2 is 0.976 bits per heavy atom. The monoisotopic (exact) mass is 570 g/mol. The average molecular weight is 571 g/mol. The highest BCUT2D eigenvalue weighted by Gasteiger charge is 2.26. The Morgan fingerprint density at radius 3 is 1.44 bits per heavy atom. The lowest BCUT2D eigenvalue weighted by Gasteiger charge is -2.26. The maximum Gasteiger partial charge on any atom is 0.192 e. The van der Waals surface area contributed by atoms with Gasteiger partial charge in [-0.2, -0.15) is 0 Å². The summed E-state index contributed by atoms with van der Waals surface area (Å²) in [7, 11) is 2.10. The molecular weight excluding hydrogens is 535 g/mol. The van der Waals surface area contributed by atoms with Crippen molar-refractivity contribution in [1.82, 2.24) is 0 Å². The van der Waals surface area contributed by atoms with E-state index in [0.29, 0.717) is 0 Å². The molecule has 0 radical (unpaired) electrons. The summed E-state index contributed by atoms with van der Waals surface area (Å²) in [5, 5.41) is 7.50. The molecule has 6 nitrogen and oxygen atoms in total. The predicted molar refractivity (Wildman–Crippen MR) is 166 cm³/mol. The topological polar surface area (TPSA) is 55.4 Å². The summed E-state index contributed by atoms with van der Waals surface area (Å²) in [5.41, 5.74) is 0. The average Bonchev–Trinajstić information content (AvgIpc) is 3.02. The van der Waals surface area contributed by atoms with Gasteiger partial charge < -0.3 is 28.4 Å². The lowest BCUT2D eigenvalue weighted by Crippen LogP contribution is -2.25. The second-order valence-corrected chi connectivity index (χ2v) is 11.6. The Labute approximate surface area is 242 Å². The number of methoxy groups -OCH3 is 2. The van der Waals surface area contributed by atoms with Gasteiger partial charge in [0.25, 0.3) is 0 Å². The molecule has 212 valence electrons. The molecule has 5 aromatic rings. The number of fused-ring (bicyclic) bond motifs is 2. The van der Waals surface area contributed by atoms with Crippen molar-refractivity contribution in [3.63, 3.8) is 0 Å². The van der Waals surface area contributed by atoms with Crippen molar-refractivity contribution in [2.45, 2.75) is 26.4 Å². The minimum atomic E-state index is -1.13. The van der Waals surface area contributed by atoms with Crippen LogP contribution in [0.1, 0.15) is 13.8 Å². The molecule has 0 N–H and O–H groups in total. The van der Waals surface area contributed by atoms with Gasteiger partial charge >= 0.3 is 0 Å². The van der Waals surface area contributed by atoms with E-state index in [1.807, 2.05) is 44.2 Å². The Morgan fingerprint density at radius 1 is 0.537 bits per heavy atom. The SMILES string of the molecule is COC(C)OCOc1c(P(c2ccccc2)c2ccc3ccccc3c2OCOC(C)OC)ccc2ccccc12. The first kappa shape index (κ1) is 29.0. The summed E-state index contributed by atoms with van der Waals surface area (Å²) in [6.07, 6.45) is -0.780. The van der Waals surface area contributed by atoms with Gasteiger partial charge in [-0.05, 0) is 50.0 Å². The Balaban J connectivity index is 1.70. The zero-order valence-electron chi connectivity index (χ0n) is 23.8. The van der Waals surface area contributed by atoms with Gasteiger partial charge in [0.05, 0.1) is 0 Å². The van der Waals surface area contributed by atoms with Crippen molar-refractivity contribution in [2.24, 2.45) is 0 Å². The highest BCUT2D eigenvalue weighted by atomic mass is 31.1. The molecule has 0 saturated carbocycles. The van der Waals surface area contributed by atoms with E-state index in [-0.39, 0.29) is 26.2 Å². The third-order valence-electron chi connectivity index (χ3n) is 6.89. The fraction of sp³-hybridized carbons (Fsp3) is 0.235. The summed E-state index contributed by atoms with van der Waals surface area (Å²) in [5.74, 6) is 1.56. The van der Waals surface area contributed by atoms with E-state index < -0.39 is 7.92 Å². The van der Waals surface area contributed by atoms with Crippen molar-refractivity contribution in [3.8, 4) is 11.5 Å². The van der Waals surface area contributed by atoms with E-state index in [2.05, 4.69) is 72.8 Å². The van der Waals surface area contributed by atoms with E-state index >= 15 is 0 Å². The van der Waals surface area contributed by atoms with Crippen molar-refractivity contribution in [2.75, 3.05) is 27.8 Å². The van der Waals surface area contributed by atoms with Crippen LogP contribution < -0.4 is 25.4 Å². The fourth-order valence-electron chi connectivity index (χ4n) is 4.62. The van der Waals surface area contributed by atoms with Crippen molar-refractivity contribution in [1.29, 1.82) is 0 Å². The second-order valence-electron chi connectivity index (χ2n) is 9.41. The molecule has 5 aromatic carbocycles. The van der Waals surface area contributed by atoms with E-state index in [9.17, 15) is 0 Å². The maximum absolute atomic E-state index is 6.43. The minimum absolute atomic E-state index is 0.0534. The zero-order chi connectivity index (χ0) is 28.6. The van der Waals surface area contributed by atoms with Gasteiger partial charge in [-0.3, -0.25) is 0 Å². The molecule has 0 aliphatic carbocycles.